The SMILES string of the molecule is CN=C(NCCCc1nc(C)cs1)N1CCN(C/C=C/c2ccccc2)CC1. The van der Waals surface area contributed by atoms with E-state index in [0.717, 1.165) is 63.8 Å². The number of nitrogens with zero attached hydrogens (tertiary/aromatic N) is 4. The average molecular weight is 398 g/mol. The van der Waals surface area contributed by atoms with E-state index in [0.29, 0.717) is 0 Å². The fourth-order valence-electron chi connectivity index (χ4n) is 3.33. The van der Waals surface area contributed by atoms with Crippen LogP contribution in [0.5, 0.6) is 0 Å². The second-order valence-electron chi connectivity index (χ2n) is 7.06. The van der Waals surface area contributed by atoms with Gasteiger partial charge >= 0.3 is 0 Å². The molecule has 0 saturated carbocycles. The van der Waals surface area contributed by atoms with Crippen molar-refractivity contribution in [1.82, 2.24) is 20.1 Å². The van der Waals surface area contributed by atoms with Gasteiger partial charge in [-0.05, 0) is 18.9 Å². The molecule has 28 heavy (non-hydrogen) atoms. The monoisotopic (exact) mass is 397 g/mol. The molecule has 3 rings (SSSR count). The summed E-state index contributed by atoms with van der Waals surface area (Å²) in [4.78, 5) is 13.9. The first-order valence-corrected chi connectivity index (χ1v) is 10.9. The third kappa shape index (κ3) is 6.46. The van der Waals surface area contributed by atoms with E-state index in [9.17, 15) is 0 Å². The number of piperazine rings is 1. The Balaban J connectivity index is 1.35. The van der Waals surface area contributed by atoms with Gasteiger partial charge in [0.05, 0.1) is 5.01 Å². The molecule has 2 aromatic rings. The van der Waals surface area contributed by atoms with Gasteiger partial charge in [0, 0.05) is 63.8 Å². The number of rotatable bonds is 7. The maximum atomic E-state index is 4.53. The van der Waals surface area contributed by atoms with Crippen molar-refractivity contribution in [3.05, 3.63) is 58.1 Å². The van der Waals surface area contributed by atoms with Gasteiger partial charge in [0.1, 0.15) is 0 Å². The van der Waals surface area contributed by atoms with E-state index in [1.54, 1.807) is 11.3 Å². The number of nitrogens with one attached hydrogen (secondary N) is 1. The summed E-state index contributed by atoms with van der Waals surface area (Å²) < 4.78 is 0. The zero-order valence-corrected chi connectivity index (χ0v) is 17.8. The van der Waals surface area contributed by atoms with Gasteiger partial charge in [-0.15, -0.1) is 11.3 Å². The fourth-order valence-corrected chi connectivity index (χ4v) is 4.15. The molecule has 0 atom stereocenters. The third-order valence-electron chi connectivity index (χ3n) is 4.87. The number of guanidine groups is 1. The summed E-state index contributed by atoms with van der Waals surface area (Å²) in [6.45, 7) is 8.16. The van der Waals surface area contributed by atoms with E-state index in [2.05, 4.69) is 79.9 Å². The third-order valence-corrected chi connectivity index (χ3v) is 5.90. The van der Waals surface area contributed by atoms with Gasteiger partial charge in [-0.2, -0.15) is 0 Å². The van der Waals surface area contributed by atoms with Crippen LogP contribution < -0.4 is 5.32 Å². The van der Waals surface area contributed by atoms with Crippen LogP contribution in [0.4, 0.5) is 0 Å². The first-order valence-electron chi connectivity index (χ1n) is 10.0. The summed E-state index contributed by atoms with van der Waals surface area (Å²) in [7, 11) is 1.88. The van der Waals surface area contributed by atoms with Crippen molar-refractivity contribution in [2.24, 2.45) is 4.99 Å². The molecule has 5 nitrogen and oxygen atoms in total. The van der Waals surface area contributed by atoms with Crippen molar-refractivity contribution in [2.45, 2.75) is 19.8 Å². The molecule has 1 fully saturated rings. The minimum absolute atomic E-state index is 0.936. The van der Waals surface area contributed by atoms with Gasteiger partial charge in [0.25, 0.3) is 0 Å². The van der Waals surface area contributed by atoms with Crippen LogP contribution in [0, 0.1) is 6.92 Å². The van der Waals surface area contributed by atoms with Gasteiger partial charge < -0.3 is 10.2 Å². The molecule has 1 aromatic carbocycles. The number of aryl methyl sites for hydroxylation is 2. The summed E-state index contributed by atoms with van der Waals surface area (Å²) in [6.07, 6.45) is 6.58. The molecule has 0 amide bonds. The Morgan fingerprint density at radius 2 is 2.00 bits per heavy atom. The minimum atomic E-state index is 0.936. The quantitative estimate of drug-likeness (QED) is 0.442. The Labute approximate surface area is 172 Å². The van der Waals surface area contributed by atoms with Crippen molar-refractivity contribution >= 4 is 23.4 Å². The number of hydrogen-bond acceptors (Lipinski definition) is 4. The predicted molar refractivity (Wildman–Crippen MR) is 120 cm³/mol. The fraction of sp³-hybridized carbons (Fsp3) is 0.455. The molecule has 1 aromatic heterocycles. The lowest BCUT2D eigenvalue weighted by Crippen LogP contribution is -2.52. The normalized spacial score (nSPS) is 16.1. The van der Waals surface area contributed by atoms with Crippen LogP contribution in [-0.4, -0.2) is 67.1 Å². The highest BCUT2D eigenvalue weighted by Crippen LogP contribution is 2.10. The number of aromatic nitrogens is 1. The minimum Gasteiger partial charge on any atom is -0.356 e. The standard InChI is InChI=1S/C22H31N5S/c1-19-18-28-21(25-19)11-6-12-24-22(23-2)27-16-14-26(15-17-27)13-7-10-20-8-4-3-5-9-20/h3-5,7-10,18H,6,11-17H2,1-2H3,(H,23,24)/b10-7+. The van der Waals surface area contributed by atoms with Crippen LogP contribution in [0.15, 0.2) is 46.8 Å². The van der Waals surface area contributed by atoms with Crippen molar-refractivity contribution in [3.8, 4) is 0 Å². The van der Waals surface area contributed by atoms with Crippen LogP contribution in [-0.2, 0) is 6.42 Å². The molecule has 6 heteroatoms. The molecule has 0 radical (unpaired) electrons. The summed E-state index contributed by atoms with van der Waals surface area (Å²) >= 11 is 1.76. The highest BCUT2D eigenvalue weighted by atomic mass is 32.1. The van der Waals surface area contributed by atoms with Gasteiger partial charge in [-0.25, -0.2) is 4.98 Å². The molecule has 1 aliphatic rings. The topological polar surface area (TPSA) is 43.8 Å². The molecule has 150 valence electrons. The Morgan fingerprint density at radius 1 is 1.21 bits per heavy atom. The molecule has 0 bridgehead atoms. The van der Waals surface area contributed by atoms with Crippen LogP contribution >= 0.6 is 11.3 Å². The Kier molecular flexibility index (Phi) is 8.06. The van der Waals surface area contributed by atoms with E-state index in [1.165, 1.54) is 10.6 Å². The van der Waals surface area contributed by atoms with Crippen LogP contribution in [0.25, 0.3) is 6.08 Å². The molecule has 0 aliphatic carbocycles. The molecule has 1 N–H and O–H groups in total. The highest BCUT2D eigenvalue weighted by molar-refractivity contribution is 7.09. The number of benzene rings is 1. The van der Waals surface area contributed by atoms with Crippen LogP contribution in [0.3, 0.4) is 0 Å². The van der Waals surface area contributed by atoms with Gasteiger partial charge in [0.2, 0.25) is 0 Å². The summed E-state index contributed by atoms with van der Waals surface area (Å²) in [5.74, 6) is 1.02. The Hall–Kier alpha value is -2.18. The lowest BCUT2D eigenvalue weighted by molar-refractivity contribution is 0.194. The van der Waals surface area contributed by atoms with Gasteiger partial charge in [0.15, 0.2) is 5.96 Å². The largest absolute Gasteiger partial charge is 0.356 e. The average Bonchev–Trinajstić information content (AvgIpc) is 3.15. The highest BCUT2D eigenvalue weighted by Gasteiger charge is 2.18. The molecule has 0 spiro atoms. The zero-order chi connectivity index (χ0) is 19.6. The van der Waals surface area contributed by atoms with E-state index in [4.69, 9.17) is 0 Å². The molecule has 2 heterocycles. The lowest BCUT2D eigenvalue weighted by atomic mass is 10.2. The van der Waals surface area contributed by atoms with Crippen LogP contribution in [0.2, 0.25) is 0 Å². The Morgan fingerprint density at radius 3 is 2.68 bits per heavy atom. The molecular weight excluding hydrogens is 366 g/mol. The van der Waals surface area contributed by atoms with E-state index < -0.39 is 0 Å². The zero-order valence-electron chi connectivity index (χ0n) is 17.0. The molecular formula is C22H31N5S. The second kappa shape index (κ2) is 11.0. The number of hydrogen-bond donors (Lipinski definition) is 1. The van der Waals surface area contributed by atoms with E-state index in [-0.39, 0.29) is 0 Å². The van der Waals surface area contributed by atoms with Crippen molar-refractivity contribution in [2.75, 3.05) is 46.3 Å². The summed E-state index contributed by atoms with van der Waals surface area (Å²) in [5, 5.41) is 6.87. The molecule has 1 saturated heterocycles. The predicted octanol–water partition coefficient (Wildman–Crippen LogP) is 3.29. The number of thiazole rings is 1. The number of aliphatic imine (C=N–C) groups is 1. The molecule has 0 unspecified atom stereocenters. The van der Waals surface area contributed by atoms with Gasteiger partial charge in [-0.1, -0.05) is 42.5 Å². The van der Waals surface area contributed by atoms with E-state index >= 15 is 0 Å². The van der Waals surface area contributed by atoms with Gasteiger partial charge in [-0.3, -0.25) is 9.89 Å². The maximum Gasteiger partial charge on any atom is 0.193 e. The summed E-state index contributed by atoms with van der Waals surface area (Å²) in [5.41, 5.74) is 2.39. The van der Waals surface area contributed by atoms with Crippen molar-refractivity contribution in [1.29, 1.82) is 0 Å². The summed E-state index contributed by atoms with van der Waals surface area (Å²) in [6, 6.07) is 10.5. The second-order valence-corrected chi connectivity index (χ2v) is 8.00. The Bertz CT molecular complexity index is 760. The van der Waals surface area contributed by atoms with Crippen LogP contribution in [0.1, 0.15) is 22.7 Å². The van der Waals surface area contributed by atoms with Crippen molar-refractivity contribution in [3.63, 3.8) is 0 Å². The first-order chi connectivity index (χ1) is 13.7. The lowest BCUT2D eigenvalue weighted by Gasteiger charge is -2.36. The van der Waals surface area contributed by atoms with E-state index in [1.807, 2.05) is 7.05 Å². The first kappa shape index (κ1) is 20.6. The van der Waals surface area contributed by atoms with Crippen molar-refractivity contribution < 1.29 is 0 Å². The molecule has 1 aliphatic heterocycles. The smallest absolute Gasteiger partial charge is 0.193 e. The maximum absolute atomic E-state index is 4.53.